The maximum atomic E-state index is 3.41. The lowest BCUT2D eigenvalue weighted by Crippen LogP contribution is -2.44. The van der Waals surface area contributed by atoms with E-state index in [1.165, 1.54) is 37.2 Å². The second kappa shape index (κ2) is 7.04. The second-order valence-electron chi connectivity index (χ2n) is 5.72. The molecule has 1 saturated heterocycles. The van der Waals surface area contributed by atoms with Crippen molar-refractivity contribution in [3.8, 4) is 0 Å². The highest BCUT2D eigenvalue weighted by Crippen LogP contribution is 2.25. The van der Waals surface area contributed by atoms with Gasteiger partial charge in [0.15, 0.2) is 0 Å². The third-order valence-electron chi connectivity index (χ3n) is 4.10. The largest absolute Gasteiger partial charge is 0.314 e. The van der Waals surface area contributed by atoms with E-state index in [4.69, 9.17) is 0 Å². The lowest BCUT2D eigenvalue weighted by atomic mass is 9.97. The van der Waals surface area contributed by atoms with Crippen LogP contribution in [0.3, 0.4) is 0 Å². The topological polar surface area (TPSA) is 18.5 Å². The molecule has 106 valence electrons. The van der Waals surface area contributed by atoms with E-state index >= 15 is 0 Å². The molecule has 0 radical (unpaired) electrons. The van der Waals surface area contributed by atoms with E-state index in [9.17, 15) is 0 Å². The maximum absolute atomic E-state index is 3.41. The zero-order valence-corrected chi connectivity index (χ0v) is 12.5. The van der Waals surface area contributed by atoms with Gasteiger partial charge in [-0.05, 0) is 38.6 Å². The Morgan fingerprint density at radius 1 is 1.21 bits per heavy atom. The minimum atomic E-state index is 0.524. The molecule has 1 aromatic rings. The van der Waals surface area contributed by atoms with Crippen molar-refractivity contribution < 1.29 is 0 Å². The summed E-state index contributed by atoms with van der Waals surface area (Å²) in [5.74, 6) is 0. The zero-order chi connectivity index (χ0) is 13.7. The first-order valence-electron chi connectivity index (χ1n) is 7.33. The number of piperazine rings is 1. The van der Waals surface area contributed by atoms with E-state index in [-0.39, 0.29) is 0 Å². The maximum Gasteiger partial charge on any atom is 0.0356 e. The summed E-state index contributed by atoms with van der Waals surface area (Å²) in [4.78, 5) is 4.93. The average molecular weight is 261 g/mol. The summed E-state index contributed by atoms with van der Waals surface area (Å²) >= 11 is 0. The first-order chi connectivity index (χ1) is 9.18. The molecule has 1 aromatic carbocycles. The number of nitrogens with one attached hydrogen (secondary N) is 1. The SMILES string of the molecule is Cc1ccccc1C(CCN1CCNCC1)N(C)C. The molecule has 1 N–H and O–H groups in total. The number of hydrogen-bond donors (Lipinski definition) is 1. The Labute approximate surface area is 117 Å². The van der Waals surface area contributed by atoms with Crippen LogP contribution in [0.5, 0.6) is 0 Å². The van der Waals surface area contributed by atoms with Gasteiger partial charge in [0, 0.05) is 38.8 Å². The number of benzene rings is 1. The number of rotatable bonds is 5. The van der Waals surface area contributed by atoms with Gasteiger partial charge in [-0.15, -0.1) is 0 Å². The van der Waals surface area contributed by atoms with Crippen LogP contribution in [0.2, 0.25) is 0 Å². The van der Waals surface area contributed by atoms with E-state index in [0.717, 1.165) is 13.1 Å². The molecular weight excluding hydrogens is 234 g/mol. The van der Waals surface area contributed by atoms with Gasteiger partial charge in [-0.2, -0.15) is 0 Å². The molecule has 1 aliphatic rings. The molecule has 1 atom stereocenters. The van der Waals surface area contributed by atoms with Crippen LogP contribution in [0.4, 0.5) is 0 Å². The van der Waals surface area contributed by atoms with E-state index in [2.05, 4.69) is 60.4 Å². The number of aryl methyl sites for hydroxylation is 1. The van der Waals surface area contributed by atoms with Crippen LogP contribution in [0, 0.1) is 6.92 Å². The predicted octanol–water partition coefficient (Wildman–Crippen LogP) is 1.89. The average Bonchev–Trinajstić information content (AvgIpc) is 2.42. The van der Waals surface area contributed by atoms with Crippen LogP contribution in [0.25, 0.3) is 0 Å². The highest BCUT2D eigenvalue weighted by atomic mass is 15.2. The molecule has 0 aliphatic carbocycles. The van der Waals surface area contributed by atoms with Gasteiger partial charge in [-0.1, -0.05) is 24.3 Å². The minimum absolute atomic E-state index is 0.524. The fraction of sp³-hybridized carbons (Fsp3) is 0.625. The molecule has 1 aliphatic heterocycles. The molecular formula is C16H27N3. The van der Waals surface area contributed by atoms with Crippen molar-refractivity contribution in [2.75, 3.05) is 46.8 Å². The lowest BCUT2D eigenvalue weighted by Gasteiger charge is -2.31. The Morgan fingerprint density at radius 3 is 2.53 bits per heavy atom. The van der Waals surface area contributed by atoms with E-state index in [1.54, 1.807) is 0 Å². The molecule has 2 rings (SSSR count). The van der Waals surface area contributed by atoms with Crippen LogP contribution in [-0.2, 0) is 0 Å². The van der Waals surface area contributed by atoms with Gasteiger partial charge in [-0.3, -0.25) is 0 Å². The highest BCUT2D eigenvalue weighted by molar-refractivity contribution is 5.28. The molecule has 3 nitrogen and oxygen atoms in total. The predicted molar refractivity (Wildman–Crippen MR) is 81.5 cm³/mol. The molecule has 1 unspecified atom stereocenters. The quantitative estimate of drug-likeness (QED) is 0.873. The summed E-state index contributed by atoms with van der Waals surface area (Å²) in [6.45, 7) is 8.06. The van der Waals surface area contributed by atoms with Gasteiger partial charge < -0.3 is 15.1 Å². The van der Waals surface area contributed by atoms with Crippen molar-refractivity contribution >= 4 is 0 Å². The Balaban J connectivity index is 1.98. The van der Waals surface area contributed by atoms with Crippen molar-refractivity contribution in [2.24, 2.45) is 0 Å². The van der Waals surface area contributed by atoms with Crippen LogP contribution in [0.15, 0.2) is 24.3 Å². The Kier molecular flexibility index (Phi) is 5.37. The summed E-state index contributed by atoms with van der Waals surface area (Å²) in [6, 6.07) is 9.30. The molecule has 0 amide bonds. The molecule has 0 aromatic heterocycles. The summed E-state index contributed by atoms with van der Waals surface area (Å²) in [5.41, 5.74) is 2.88. The second-order valence-corrected chi connectivity index (χ2v) is 5.72. The molecule has 1 fully saturated rings. The summed E-state index contributed by atoms with van der Waals surface area (Å²) in [7, 11) is 4.38. The fourth-order valence-electron chi connectivity index (χ4n) is 2.89. The Bertz CT molecular complexity index is 383. The molecule has 0 saturated carbocycles. The van der Waals surface area contributed by atoms with Crippen LogP contribution < -0.4 is 5.32 Å². The van der Waals surface area contributed by atoms with Crippen molar-refractivity contribution in [1.29, 1.82) is 0 Å². The van der Waals surface area contributed by atoms with Crippen molar-refractivity contribution in [2.45, 2.75) is 19.4 Å². The third kappa shape index (κ3) is 4.03. The summed E-state index contributed by atoms with van der Waals surface area (Å²) in [5, 5.41) is 3.41. The monoisotopic (exact) mass is 261 g/mol. The number of hydrogen-bond acceptors (Lipinski definition) is 3. The zero-order valence-electron chi connectivity index (χ0n) is 12.5. The summed E-state index contributed by atoms with van der Waals surface area (Å²) in [6.07, 6.45) is 1.21. The van der Waals surface area contributed by atoms with E-state index in [1.807, 2.05) is 0 Å². The van der Waals surface area contributed by atoms with Crippen molar-refractivity contribution in [3.05, 3.63) is 35.4 Å². The third-order valence-corrected chi connectivity index (χ3v) is 4.10. The fourth-order valence-corrected chi connectivity index (χ4v) is 2.89. The van der Waals surface area contributed by atoms with E-state index in [0.29, 0.717) is 6.04 Å². The smallest absolute Gasteiger partial charge is 0.0356 e. The normalized spacial score (nSPS) is 18.7. The minimum Gasteiger partial charge on any atom is -0.314 e. The van der Waals surface area contributed by atoms with E-state index < -0.39 is 0 Å². The molecule has 3 heteroatoms. The molecule has 0 spiro atoms. The lowest BCUT2D eigenvalue weighted by molar-refractivity contribution is 0.199. The molecule has 19 heavy (non-hydrogen) atoms. The summed E-state index contributed by atoms with van der Waals surface area (Å²) < 4.78 is 0. The standard InChI is InChI=1S/C16H27N3/c1-14-6-4-5-7-15(14)16(18(2)3)8-11-19-12-9-17-10-13-19/h4-7,16-17H,8-13H2,1-3H3. The van der Waals surface area contributed by atoms with Gasteiger partial charge >= 0.3 is 0 Å². The Hall–Kier alpha value is -0.900. The van der Waals surface area contributed by atoms with Gasteiger partial charge in [0.25, 0.3) is 0 Å². The van der Waals surface area contributed by atoms with Crippen molar-refractivity contribution in [3.63, 3.8) is 0 Å². The van der Waals surface area contributed by atoms with Crippen LogP contribution in [0.1, 0.15) is 23.6 Å². The van der Waals surface area contributed by atoms with Gasteiger partial charge in [0.05, 0.1) is 0 Å². The van der Waals surface area contributed by atoms with Gasteiger partial charge in [0.2, 0.25) is 0 Å². The highest BCUT2D eigenvalue weighted by Gasteiger charge is 2.18. The first-order valence-corrected chi connectivity index (χ1v) is 7.33. The van der Waals surface area contributed by atoms with Crippen molar-refractivity contribution in [1.82, 2.24) is 15.1 Å². The van der Waals surface area contributed by atoms with Gasteiger partial charge in [0.1, 0.15) is 0 Å². The molecule has 0 bridgehead atoms. The Morgan fingerprint density at radius 2 is 1.89 bits per heavy atom. The first kappa shape index (κ1) is 14.5. The van der Waals surface area contributed by atoms with Crippen LogP contribution >= 0.6 is 0 Å². The molecule has 1 heterocycles. The van der Waals surface area contributed by atoms with Crippen LogP contribution in [-0.4, -0.2) is 56.6 Å². The number of nitrogens with zero attached hydrogens (tertiary/aromatic N) is 2. The van der Waals surface area contributed by atoms with Gasteiger partial charge in [-0.25, -0.2) is 0 Å².